The van der Waals surface area contributed by atoms with Crippen LogP contribution in [-0.4, -0.2) is 70.0 Å². The van der Waals surface area contributed by atoms with Crippen molar-refractivity contribution in [3.8, 4) is 0 Å². The summed E-state index contributed by atoms with van der Waals surface area (Å²) in [5.74, 6) is -0.884. The standard InChI is InChI=1S/C42H80NO8P/c1-6-8-10-12-14-16-18-19-20-21-22-23-25-27-29-31-33-35-42(45)51-40(39-50-52(46,47)49-37-36-43(3,4)5)38-48-41(44)34-32-30-28-26-24-17-15-13-11-9-7-2/h22-23,27,29,40H,6-21,24-26,28,30-39H2,1-5H3/b23-22+,29-27+/t40-/m1/s1. The van der Waals surface area contributed by atoms with Gasteiger partial charge in [-0.15, -0.1) is 0 Å². The van der Waals surface area contributed by atoms with E-state index in [9.17, 15) is 19.0 Å². The first-order chi connectivity index (χ1) is 25.0. The third kappa shape index (κ3) is 38.2. The normalized spacial score (nSPS) is 13.9. The van der Waals surface area contributed by atoms with Crippen molar-refractivity contribution in [1.29, 1.82) is 0 Å². The summed E-state index contributed by atoms with van der Waals surface area (Å²) in [4.78, 5) is 37.4. The maximum atomic E-state index is 12.6. The van der Waals surface area contributed by atoms with Crippen LogP contribution in [-0.2, 0) is 32.7 Å². The van der Waals surface area contributed by atoms with Crippen molar-refractivity contribution in [2.45, 2.75) is 187 Å². The zero-order valence-corrected chi connectivity index (χ0v) is 35.2. The number of nitrogens with zero attached hydrogens (tertiary/aromatic N) is 1. The van der Waals surface area contributed by atoms with E-state index in [1.54, 1.807) is 0 Å². The van der Waals surface area contributed by atoms with E-state index in [1.165, 1.54) is 109 Å². The van der Waals surface area contributed by atoms with E-state index in [1.807, 2.05) is 21.1 Å². The Bertz CT molecular complexity index is 949. The number of carbonyl (C=O) groups is 2. The Kier molecular flexibility index (Phi) is 34.2. The van der Waals surface area contributed by atoms with Gasteiger partial charge in [-0.25, -0.2) is 0 Å². The van der Waals surface area contributed by atoms with Crippen molar-refractivity contribution in [3.63, 3.8) is 0 Å². The van der Waals surface area contributed by atoms with Gasteiger partial charge in [0.25, 0.3) is 7.82 Å². The molecule has 0 aromatic heterocycles. The molecule has 0 aromatic carbocycles. The average Bonchev–Trinajstić information content (AvgIpc) is 3.09. The predicted octanol–water partition coefficient (Wildman–Crippen LogP) is 10.9. The molecule has 10 heteroatoms. The summed E-state index contributed by atoms with van der Waals surface area (Å²) in [5, 5.41) is 0. The second-order valence-corrected chi connectivity index (χ2v) is 16.8. The number of phosphoric ester groups is 1. The lowest BCUT2D eigenvalue weighted by atomic mass is 10.1. The van der Waals surface area contributed by atoms with Gasteiger partial charge in [0.1, 0.15) is 19.8 Å². The highest BCUT2D eigenvalue weighted by Gasteiger charge is 2.21. The van der Waals surface area contributed by atoms with E-state index in [2.05, 4.69) is 38.2 Å². The molecule has 0 fully saturated rings. The third-order valence-corrected chi connectivity index (χ3v) is 9.94. The fraction of sp³-hybridized carbons (Fsp3) is 0.857. The van der Waals surface area contributed by atoms with Crippen molar-refractivity contribution < 1.29 is 42.1 Å². The Hall–Kier alpha value is -1.51. The highest BCUT2D eigenvalue weighted by atomic mass is 31.2. The van der Waals surface area contributed by atoms with Crippen LogP contribution < -0.4 is 4.89 Å². The highest BCUT2D eigenvalue weighted by molar-refractivity contribution is 7.45. The molecule has 0 spiro atoms. The number of hydrogen-bond acceptors (Lipinski definition) is 8. The number of phosphoric acid groups is 1. The summed E-state index contributed by atoms with van der Waals surface area (Å²) in [5.41, 5.74) is 0. The third-order valence-electron chi connectivity index (χ3n) is 8.97. The molecule has 0 heterocycles. The summed E-state index contributed by atoms with van der Waals surface area (Å²) in [6.45, 7) is 4.17. The zero-order chi connectivity index (χ0) is 38.6. The number of carbonyl (C=O) groups excluding carboxylic acids is 2. The van der Waals surface area contributed by atoms with Crippen LogP contribution in [0, 0.1) is 0 Å². The van der Waals surface area contributed by atoms with Crippen molar-refractivity contribution in [2.75, 3.05) is 47.5 Å². The van der Waals surface area contributed by atoms with Gasteiger partial charge < -0.3 is 27.9 Å². The molecule has 0 amide bonds. The largest absolute Gasteiger partial charge is 0.756 e. The van der Waals surface area contributed by atoms with Crippen LogP contribution in [0.4, 0.5) is 0 Å². The first-order valence-corrected chi connectivity index (χ1v) is 22.5. The number of esters is 2. The summed E-state index contributed by atoms with van der Waals surface area (Å²) >= 11 is 0. The lowest BCUT2D eigenvalue weighted by Crippen LogP contribution is -2.37. The number of unbranched alkanes of at least 4 members (excludes halogenated alkanes) is 20. The minimum atomic E-state index is -4.63. The topological polar surface area (TPSA) is 111 Å². The van der Waals surface area contributed by atoms with E-state index in [0.717, 1.165) is 38.5 Å². The van der Waals surface area contributed by atoms with Crippen LogP contribution in [0.15, 0.2) is 24.3 Å². The summed E-state index contributed by atoms with van der Waals surface area (Å²) in [7, 11) is 1.14. The van der Waals surface area contributed by atoms with Crippen LogP contribution in [0.25, 0.3) is 0 Å². The van der Waals surface area contributed by atoms with Gasteiger partial charge in [0.05, 0.1) is 27.7 Å². The monoisotopic (exact) mass is 758 g/mol. The second kappa shape index (κ2) is 35.2. The Morgan fingerprint density at radius 3 is 1.58 bits per heavy atom. The maximum absolute atomic E-state index is 12.6. The molecule has 52 heavy (non-hydrogen) atoms. The molecule has 306 valence electrons. The summed E-state index contributed by atoms with van der Waals surface area (Å²) in [6, 6.07) is 0. The van der Waals surface area contributed by atoms with Gasteiger partial charge >= 0.3 is 11.9 Å². The number of allylic oxidation sites excluding steroid dienone is 4. The number of hydrogen-bond donors (Lipinski definition) is 0. The quantitative estimate of drug-likeness (QED) is 0.0201. The van der Waals surface area contributed by atoms with Crippen LogP contribution in [0.3, 0.4) is 0 Å². The molecule has 9 nitrogen and oxygen atoms in total. The Morgan fingerprint density at radius 2 is 1.06 bits per heavy atom. The minimum Gasteiger partial charge on any atom is -0.756 e. The van der Waals surface area contributed by atoms with Crippen molar-refractivity contribution >= 4 is 19.8 Å². The lowest BCUT2D eigenvalue weighted by Gasteiger charge is -2.28. The van der Waals surface area contributed by atoms with Crippen LogP contribution >= 0.6 is 7.82 Å². The zero-order valence-electron chi connectivity index (χ0n) is 34.3. The smallest absolute Gasteiger partial charge is 0.306 e. The summed E-state index contributed by atoms with van der Waals surface area (Å²) in [6.07, 6.45) is 36.4. The number of likely N-dealkylation sites (N-methyl/N-ethyl adjacent to an activating group) is 1. The first-order valence-electron chi connectivity index (χ1n) is 21.0. The van der Waals surface area contributed by atoms with Crippen LogP contribution in [0.2, 0.25) is 0 Å². The Morgan fingerprint density at radius 1 is 0.596 bits per heavy atom. The van der Waals surface area contributed by atoms with Crippen molar-refractivity contribution in [1.82, 2.24) is 0 Å². The van der Waals surface area contributed by atoms with Gasteiger partial charge in [-0.3, -0.25) is 14.2 Å². The molecule has 0 bridgehead atoms. The van der Waals surface area contributed by atoms with E-state index >= 15 is 0 Å². The maximum Gasteiger partial charge on any atom is 0.306 e. The fourth-order valence-electron chi connectivity index (χ4n) is 5.63. The predicted molar refractivity (Wildman–Crippen MR) is 213 cm³/mol. The van der Waals surface area contributed by atoms with Crippen molar-refractivity contribution in [2.24, 2.45) is 0 Å². The molecule has 0 saturated heterocycles. The van der Waals surface area contributed by atoms with Gasteiger partial charge in [-0.1, -0.05) is 154 Å². The molecule has 0 aromatic rings. The molecule has 0 rings (SSSR count). The molecule has 0 aliphatic carbocycles. The van der Waals surface area contributed by atoms with Crippen LogP contribution in [0.5, 0.6) is 0 Å². The second-order valence-electron chi connectivity index (χ2n) is 15.4. The number of rotatable bonds is 38. The van der Waals surface area contributed by atoms with Gasteiger partial charge in [0, 0.05) is 12.8 Å². The van der Waals surface area contributed by atoms with Gasteiger partial charge in [-0.05, 0) is 38.5 Å². The van der Waals surface area contributed by atoms with Gasteiger partial charge in [0.15, 0.2) is 6.10 Å². The number of ether oxygens (including phenoxy) is 2. The van der Waals surface area contributed by atoms with E-state index in [-0.39, 0.29) is 26.1 Å². The van der Waals surface area contributed by atoms with Crippen molar-refractivity contribution in [3.05, 3.63) is 24.3 Å². The van der Waals surface area contributed by atoms with Gasteiger partial charge in [-0.2, -0.15) is 0 Å². The number of quaternary nitrogens is 1. The van der Waals surface area contributed by atoms with Crippen LogP contribution in [0.1, 0.15) is 181 Å². The molecular weight excluding hydrogens is 677 g/mol. The Labute approximate surface area is 319 Å². The van der Waals surface area contributed by atoms with Gasteiger partial charge in [0.2, 0.25) is 0 Å². The molecule has 2 atom stereocenters. The Balaban J connectivity index is 4.44. The lowest BCUT2D eigenvalue weighted by molar-refractivity contribution is -0.870. The summed E-state index contributed by atoms with van der Waals surface area (Å²) < 4.78 is 33.8. The molecular formula is C42H80NO8P. The SMILES string of the molecule is CCCCCCCCCCC/C=C/C/C=C/CCCC(=O)O[C@H](COC(=O)CCCCCCCCCCCCC)COP(=O)([O-])OCC[N+](C)(C)C. The van der Waals surface area contributed by atoms with E-state index in [4.69, 9.17) is 18.5 Å². The molecule has 0 N–H and O–H groups in total. The van der Waals surface area contributed by atoms with E-state index in [0.29, 0.717) is 17.4 Å². The molecule has 0 aliphatic rings. The molecule has 0 saturated carbocycles. The average molecular weight is 758 g/mol. The first kappa shape index (κ1) is 50.5. The highest BCUT2D eigenvalue weighted by Crippen LogP contribution is 2.38. The minimum absolute atomic E-state index is 0.0364. The molecule has 0 radical (unpaired) electrons. The fourth-order valence-corrected chi connectivity index (χ4v) is 6.36. The van der Waals surface area contributed by atoms with E-state index < -0.39 is 32.5 Å². The molecule has 0 aliphatic heterocycles. The molecule has 1 unspecified atom stereocenters.